The van der Waals surface area contributed by atoms with E-state index >= 15 is 0 Å². The van der Waals surface area contributed by atoms with Gasteiger partial charge in [0.15, 0.2) is 0 Å². The van der Waals surface area contributed by atoms with Crippen LogP contribution in [-0.4, -0.2) is 9.78 Å². The van der Waals surface area contributed by atoms with Gasteiger partial charge in [-0.1, -0.05) is 17.7 Å². The first-order chi connectivity index (χ1) is 8.19. The van der Waals surface area contributed by atoms with Gasteiger partial charge >= 0.3 is 0 Å². The van der Waals surface area contributed by atoms with Gasteiger partial charge in [0.1, 0.15) is 0 Å². The van der Waals surface area contributed by atoms with Gasteiger partial charge in [0.2, 0.25) is 0 Å². The molecule has 3 nitrogen and oxygen atoms in total. The van der Waals surface area contributed by atoms with E-state index in [0.717, 1.165) is 33.8 Å². The lowest BCUT2D eigenvalue weighted by molar-refractivity contribution is 0.660. The topological polar surface area (TPSA) is 29.9 Å². The van der Waals surface area contributed by atoms with E-state index in [-0.39, 0.29) is 0 Å². The SMILES string of the molecule is CCn1cc(NCc2ccc(Br)c(Cl)c2)cn1. The van der Waals surface area contributed by atoms with Crippen LogP contribution in [0.25, 0.3) is 0 Å². The summed E-state index contributed by atoms with van der Waals surface area (Å²) in [5, 5.41) is 8.23. The van der Waals surface area contributed by atoms with Gasteiger partial charge in [0.25, 0.3) is 0 Å². The van der Waals surface area contributed by atoms with E-state index in [1.54, 1.807) is 0 Å². The van der Waals surface area contributed by atoms with Crippen LogP contribution in [0.15, 0.2) is 35.1 Å². The summed E-state index contributed by atoms with van der Waals surface area (Å²) in [7, 11) is 0. The van der Waals surface area contributed by atoms with E-state index in [0.29, 0.717) is 0 Å². The molecule has 0 bridgehead atoms. The summed E-state index contributed by atoms with van der Waals surface area (Å²) in [5.74, 6) is 0. The number of nitrogens with zero attached hydrogens (tertiary/aromatic N) is 2. The van der Waals surface area contributed by atoms with Crippen molar-refractivity contribution in [1.82, 2.24) is 9.78 Å². The van der Waals surface area contributed by atoms with Crippen LogP contribution in [0.2, 0.25) is 5.02 Å². The molecule has 0 spiro atoms. The van der Waals surface area contributed by atoms with E-state index in [1.807, 2.05) is 35.3 Å². The zero-order chi connectivity index (χ0) is 12.3. The summed E-state index contributed by atoms with van der Waals surface area (Å²) in [6.45, 7) is 3.68. The Balaban J connectivity index is 1.99. The highest BCUT2D eigenvalue weighted by Crippen LogP contribution is 2.23. The van der Waals surface area contributed by atoms with Gasteiger partial charge in [-0.3, -0.25) is 4.68 Å². The molecule has 5 heteroatoms. The van der Waals surface area contributed by atoms with Crippen molar-refractivity contribution >= 4 is 33.2 Å². The van der Waals surface area contributed by atoms with Crippen molar-refractivity contribution < 1.29 is 0 Å². The number of nitrogens with one attached hydrogen (secondary N) is 1. The Kier molecular flexibility index (Phi) is 4.07. The van der Waals surface area contributed by atoms with Crippen LogP contribution >= 0.6 is 27.5 Å². The molecule has 1 heterocycles. The number of rotatable bonds is 4. The van der Waals surface area contributed by atoms with E-state index in [4.69, 9.17) is 11.6 Å². The van der Waals surface area contributed by atoms with Crippen LogP contribution in [-0.2, 0) is 13.1 Å². The molecule has 1 N–H and O–H groups in total. The zero-order valence-corrected chi connectivity index (χ0v) is 11.8. The molecule has 0 aliphatic rings. The average molecular weight is 315 g/mol. The molecule has 0 amide bonds. The zero-order valence-electron chi connectivity index (χ0n) is 9.45. The van der Waals surface area contributed by atoms with Crippen LogP contribution in [0.3, 0.4) is 0 Å². The van der Waals surface area contributed by atoms with Crippen molar-refractivity contribution in [3.8, 4) is 0 Å². The molecule has 2 aromatic rings. The third-order valence-electron chi connectivity index (χ3n) is 2.44. The Bertz CT molecular complexity index is 510. The smallest absolute Gasteiger partial charge is 0.0729 e. The third kappa shape index (κ3) is 3.23. The maximum atomic E-state index is 6.03. The van der Waals surface area contributed by atoms with E-state index in [9.17, 15) is 0 Å². The Labute approximate surface area is 114 Å². The molecule has 0 aliphatic carbocycles. The lowest BCUT2D eigenvalue weighted by Crippen LogP contribution is -1.98. The molecule has 1 aromatic carbocycles. The van der Waals surface area contributed by atoms with Gasteiger partial charge in [-0.2, -0.15) is 5.10 Å². The molecule has 90 valence electrons. The van der Waals surface area contributed by atoms with Gasteiger partial charge in [-0.15, -0.1) is 0 Å². The fourth-order valence-corrected chi connectivity index (χ4v) is 1.93. The monoisotopic (exact) mass is 313 g/mol. The molecule has 0 unspecified atom stereocenters. The highest BCUT2D eigenvalue weighted by molar-refractivity contribution is 9.10. The molecule has 0 atom stereocenters. The summed E-state index contributed by atoms with van der Waals surface area (Å²) < 4.78 is 2.80. The number of hydrogen-bond donors (Lipinski definition) is 1. The summed E-state index contributed by atoms with van der Waals surface area (Å²) in [6, 6.07) is 5.94. The van der Waals surface area contributed by atoms with Gasteiger partial charge in [0.05, 0.1) is 16.9 Å². The van der Waals surface area contributed by atoms with Crippen molar-refractivity contribution in [2.45, 2.75) is 20.0 Å². The number of hydrogen-bond acceptors (Lipinski definition) is 2. The Morgan fingerprint density at radius 1 is 1.47 bits per heavy atom. The van der Waals surface area contributed by atoms with Crippen LogP contribution in [0, 0.1) is 0 Å². The van der Waals surface area contributed by atoms with Crippen molar-refractivity contribution in [2.24, 2.45) is 0 Å². The highest BCUT2D eigenvalue weighted by atomic mass is 79.9. The van der Waals surface area contributed by atoms with Crippen molar-refractivity contribution in [2.75, 3.05) is 5.32 Å². The second-order valence-corrected chi connectivity index (χ2v) is 4.95. The number of aromatic nitrogens is 2. The predicted octanol–water partition coefficient (Wildman–Crippen LogP) is 3.93. The maximum Gasteiger partial charge on any atom is 0.0729 e. The van der Waals surface area contributed by atoms with E-state index in [1.165, 1.54) is 0 Å². The second-order valence-electron chi connectivity index (χ2n) is 3.69. The minimum absolute atomic E-state index is 0.730. The summed E-state index contributed by atoms with van der Waals surface area (Å²) in [5.41, 5.74) is 2.16. The summed E-state index contributed by atoms with van der Waals surface area (Å²) in [4.78, 5) is 0. The van der Waals surface area contributed by atoms with Gasteiger partial charge in [-0.05, 0) is 40.5 Å². The molecule has 17 heavy (non-hydrogen) atoms. The van der Waals surface area contributed by atoms with Crippen LogP contribution in [0.4, 0.5) is 5.69 Å². The van der Waals surface area contributed by atoms with Crippen molar-refractivity contribution in [3.05, 3.63) is 45.7 Å². The standard InChI is InChI=1S/C12H13BrClN3/c1-2-17-8-10(7-16-17)15-6-9-3-4-11(13)12(14)5-9/h3-5,7-8,15H,2,6H2,1H3. The van der Waals surface area contributed by atoms with Gasteiger partial charge < -0.3 is 5.32 Å². The first-order valence-electron chi connectivity index (χ1n) is 5.39. The Morgan fingerprint density at radius 2 is 2.29 bits per heavy atom. The molecule has 0 aliphatic heterocycles. The Morgan fingerprint density at radius 3 is 2.94 bits per heavy atom. The normalized spacial score (nSPS) is 10.5. The van der Waals surface area contributed by atoms with Crippen LogP contribution < -0.4 is 5.32 Å². The molecule has 0 saturated carbocycles. The summed E-state index contributed by atoms with van der Waals surface area (Å²) >= 11 is 9.40. The number of aryl methyl sites for hydroxylation is 1. The molecule has 1 aromatic heterocycles. The molecule has 0 fully saturated rings. The number of anilines is 1. The minimum Gasteiger partial charge on any atom is -0.378 e. The van der Waals surface area contributed by atoms with Crippen LogP contribution in [0.1, 0.15) is 12.5 Å². The fraction of sp³-hybridized carbons (Fsp3) is 0.250. The van der Waals surface area contributed by atoms with Crippen molar-refractivity contribution in [3.63, 3.8) is 0 Å². The highest BCUT2D eigenvalue weighted by Gasteiger charge is 2.00. The van der Waals surface area contributed by atoms with Crippen molar-refractivity contribution in [1.29, 1.82) is 0 Å². The fourth-order valence-electron chi connectivity index (χ4n) is 1.48. The minimum atomic E-state index is 0.730. The van der Waals surface area contributed by atoms with Gasteiger partial charge in [0, 0.05) is 23.8 Å². The van der Waals surface area contributed by atoms with Crippen LogP contribution in [0.5, 0.6) is 0 Å². The maximum absolute atomic E-state index is 6.03. The molecular weight excluding hydrogens is 302 g/mol. The van der Waals surface area contributed by atoms with E-state index < -0.39 is 0 Å². The van der Waals surface area contributed by atoms with Gasteiger partial charge in [-0.25, -0.2) is 0 Å². The largest absolute Gasteiger partial charge is 0.378 e. The molecule has 0 radical (unpaired) electrons. The third-order valence-corrected chi connectivity index (χ3v) is 3.67. The number of halogens is 2. The molecule has 2 rings (SSSR count). The molecular formula is C12H13BrClN3. The lowest BCUT2D eigenvalue weighted by atomic mass is 10.2. The van der Waals surface area contributed by atoms with E-state index in [2.05, 4.69) is 33.3 Å². The first-order valence-corrected chi connectivity index (χ1v) is 6.56. The molecule has 0 saturated heterocycles. The first kappa shape index (κ1) is 12.5. The Hall–Kier alpha value is -1.00. The quantitative estimate of drug-likeness (QED) is 0.926. The predicted molar refractivity (Wildman–Crippen MR) is 74.4 cm³/mol. The second kappa shape index (κ2) is 5.56. The number of benzene rings is 1. The average Bonchev–Trinajstić information content (AvgIpc) is 2.79. The lowest BCUT2D eigenvalue weighted by Gasteiger charge is -2.05. The summed E-state index contributed by atoms with van der Waals surface area (Å²) in [6.07, 6.45) is 3.81.